The maximum absolute atomic E-state index is 11.3. The molecule has 15 heavy (non-hydrogen) atoms. The molecule has 0 aliphatic heterocycles. The molecule has 5 N–H and O–H groups in total. The Kier molecular flexibility index (Phi) is 2.48. The number of H-pyrrole nitrogens is 1. The van der Waals surface area contributed by atoms with Crippen molar-refractivity contribution in [1.82, 2.24) is 9.97 Å². The lowest BCUT2D eigenvalue weighted by molar-refractivity contribution is 0.286. The first-order valence-corrected chi connectivity index (χ1v) is 5.26. The molecule has 1 fully saturated rings. The monoisotopic (exact) mass is 208 g/mol. The molecule has 1 aliphatic carbocycles. The van der Waals surface area contributed by atoms with E-state index in [1.54, 1.807) is 0 Å². The van der Waals surface area contributed by atoms with E-state index in [1.807, 2.05) is 0 Å². The Hall–Kier alpha value is -1.36. The Balaban J connectivity index is 2.38. The van der Waals surface area contributed by atoms with E-state index in [9.17, 15) is 4.79 Å². The summed E-state index contributed by atoms with van der Waals surface area (Å²) >= 11 is 0. The molecule has 2 rings (SSSR count). The van der Waals surface area contributed by atoms with Gasteiger partial charge < -0.3 is 16.5 Å². The molecule has 0 spiro atoms. The van der Waals surface area contributed by atoms with E-state index in [1.165, 1.54) is 12.5 Å². The van der Waals surface area contributed by atoms with Gasteiger partial charge in [-0.15, -0.1) is 0 Å². The van der Waals surface area contributed by atoms with Crippen LogP contribution < -0.4 is 17.0 Å². The van der Waals surface area contributed by atoms with Crippen molar-refractivity contribution < 1.29 is 0 Å². The number of nitrogens with zero attached hydrogens (tertiary/aromatic N) is 1. The number of hydrogen-bond donors (Lipinski definition) is 3. The van der Waals surface area contributed by atoms with Gasteiger partial charge in [-0.2, -0.15) is 0 Å². The van der Waals surface area contributed by atoms with E-state index in [-0.39, 0.29) is 11.4 Å². The van der Waals surface area contributed by atoms with Crippen LogP contribution in [0.1, 0.15) is 37.9 Å². The van der Waals surface area contributed by atoms with Crippen molar-refractivity contribution in [1.29, 1.82) is 0 Å². The number of nitrogens with one attached hydrogen (secondary N) is 1. The Morgan fingerprint density at radius 1 is 1.33 bits per heavy atom. The summed E-state index contributed by atoms with van der Waals surface area (Å²) in [6.45, 7) is 0. The Bertz CT molecular complexity index is 406. The fraction of sp³-hybridized carbons (Fsp3) is 0.600. The molecule has 5 nitrogen and oxygen atoms in total. The largest absolute Gasteiger partial charge is 0.383 e. The lowest BCUT2D eigenvalue weighted by atomic mass is 9.82. The average Bonchev–Trinajstić information content (AvgIpc) is 2.17. The van der Waals surface area contributed by atoms with Crippen LogP contribution in [-0.2, 0) is 5.54 Å². The summed E-state index contributed by atoms with van der Waals surface area (Å²) < 4.78 is 0. The van der Waals surface area contributed by atoms with Gasteiger partial charge in [-0.05, 0) is 12.8 Å². The van der Waals surface area contributed by atoms with Crippen LogP contribution in [0.25, 0.3) is 0 Å². The molecule has 5 heteroatoms. The summed E-state index contributed by atoms with van der Waals surface area (Å²) in [5, 5.41) is 0. The van der Waals surface area contributed by atoms with Gasteiger partial charge in [0.25, 0.3) is 5.56 Å². The molecule has 1 aliphatic rings. The fourth-order valence-electron chi connectivity index (χ4n) is 2.13. The molecule has 0 amide bonds. The summed E-state index contributed by atoms with van der Waals surface area (Å²) in [6.07, 6.45) is 5.08. The second-order valence-corrected chi connectivity index (χ2v) is 4.24. The number of hydrogen-bond acceptors (Lipinski definition) is 4. The van der Waals surface area contributed by atoms with E-state index in [2.05, 4.69) is 9.97 Å². The topological polar surface area (TPSA) is 97.8 Å². The van der Waals surface area contributed by atoms with E-state index in [4.69, 9.17) is 11.5 Å². The van der Waals surface area contributed by atoms with Crippen molar-refractivity contribution in [2.24, 2.45) is 5.73 Å². The first-order chi connectivity index (χ1) is 7.10. The highest BCUT2D eigenvalue weighted by molar-refractivity contribution is 5.27. The number of nitrogens with two attached hydrogens (primary N) is 2. The number of aromatic nitrogens is 2. The van der Waals surface area contributed by atoms with Gasteiger partial charge >= 0.3 is 0 Å². The van der Waals surface area contributed by atoms with Crippen LogP contribution in [0.3, 0.4) is 0 Å². The van der Waals surface area contributed by atoms with Crippen molar-refractivity contribution in [3.05, 3.63) is 22.2 Å². The van der Waals surface area contributed by atoms with Gasteiger partial charge in [-0.1, -0.05) is 19.3 Å². The number of anilines is 1. The van der Waals surface area contributed by atoms with Crippen molar-refractivity contribution in [2.75, 3.05) is 5.73 Å². The van der Waals surface area contributed by atoms with E-state index >= 15 is 0 Å². The molecule has 0 atom stereocenters. The van der Waals surface area contributed by atoms with Crippen molar-refractivity contribution in [2.45, 2.75) is 37.6 Å². The van der Waals surface area contributed by atoms with Crippen LogP contribution in [0.15, 0.2) is 10.9 Å². The quantitative estimate of drug-likeness (QED) is 0.624. The van der Waals surface area contributed by atoms with Gasteiger partial charge in [-0.25, -0.2) is 4.98 Å². The standard InChI is InChI=1S/C10H16N4O/c11-7-6-8(15)14-9(13-7)10(12)4-2-1-3-5-10/h6H,1-5,12H2,(H3,11,13,14,15). The zero-order valence-electron chi connectivity index (χ0n) is 8.62. The summed E-state index contributed by atoms with van der Waals surface area (Å²) in [5.41, 5.74) is 11.0. The van der Waals surface area contributed by atoms with E-state index in [0.29, 0.717) is 5.82 Å². The average molecular weight is 208 g/mol. The maximum atomic E-state index is 11.3. The van der Waals surface area contributed by atoms with Crippen LogP contribution in [0.5, 0.6) is 0 Å². The lowest BCUT2D eigenvalue weighted by Crippen LogP contribution is -2.41. The van der Waals surface area contributed by atoms with Crippen LogP contribution in [0.2, 0.25) is 0 Å². The molecule has 0 unspecified atom stereocenters. The van der Waals surface area contributed by atoms with Gasteiger partial charge in [0, 0.05) is 6.07 Å². The minimum Gasteiger partial charge on any atom is -0.383 e. The Morgan fingerprint density at radius 2 is 2.00 bits per heavy atom. The number of rotatable bonds is 1. The minimum absolute atomic E-state index is 0.229. The summed E-state index contributed by atoms with van der Waals surface area (Å²) in [5.74, 6) is 0.774. The zero-order chi connectivity index (χ0) is 10.9. The molecule has 0 aromatic carbocycles. The molecule has 0 bridgehead atoms. The SMILES string of the molecule is Nc1cc(=O)[nH]c(C2(N)CCCCC2)n1. The van der Waals surface area contributed by atoms with E-state index < -0.39 is 5.54 Å². The molecule has 1 aromatic rings. The number of nitrogen functional groups attached to an aromatic ring is 1. The highest BCUT2D eigenvalue weighted by Gasteiger charge is 2.31. The second kappa shape index (κ2) is 3.66. The third-order valence-corrected chi connectivity index (χ3v) is 2.98. The first kappa shape index (κ1) is 10.2. The van der Waals surface area contributed by atoms with Gasteiger partial charge in [-0.3, -0.25) is 4.79 Å². The van der Waals surface area contributed by atoms with Gasteiger partial charge in [0.15, 0.2) is 0 Å². The third-order valence-electron chi connectivity index (χ3n) is 2.98. The molecule has 1 saturated carbocycles. The Labute approximate surface area is 87.9 Å². The van der Waals surface area contributed by atoms with Crippen LogP contribution >= 0.6 is 0 Å². The number of aromatic amines is 1. The maximum Gasteiger partial charge on any atom is 0.253 e. The predicted molar refractivity (Wildman–Crippen MR) is 58.2 cm³/mol. The molecular formula is C10H16N4O. The van der Waals surface area contributed by atoms with Crippen LogP contribution in [0.4, 0.5) is 5.82 Å². The summed E-state index contributed by atoms with van der Waals surface area (Å²) in [7, 11) is 0. The van der Waals surface area contributed by atoms with Crippen molar-refractivity contribution in [3.8, 4) is 0 Å². The first-order valence-electron chi connectivity index (χ1n) is 5.26. The fourth-order valence-corrected chi connectivity index (χ4v) is 2.13. The van der Waals surface area contributed by atoms with E-state index in [0.717, 1.165) is 25.7 Å². The van der Waals surface area contributed by atoms with Gasteiger partial charge in [0.05, 0.1) is 5.54 Å². The molecule has 1 heterocycles. The summed E-state index contributed by atoms with van der Waals surface area (Å²) in [6, 6.07) is 1.27. The normalized spacial score (nSPS) is 20.1. The Morgan fingerprint density at radius 3 is 2.60 bits per heavy atom. The molecule has 0 radical (unpaired) electrons. The van der Waals surface area contributed by atoms with Gasteiger partial charge in [0.2, 0.25) is 0 Å². The zero-order valence-corrected chi connectivity index (χ0v) is 8.62. The third kappa shape index (κ3) is 2.02. The highest BCUT2D eigenvalue weighted by atomic mass is 16.1. The molecular weight excluding hydrogens is 192 g/mol. The summed E-state index contributed by atoms with van der Waals surface area (Å²) in [4.78, 5) is 18.1. The molecule has 82 valence electrons. The highest BCUT2D eigenvalue weighted by Crippen LogP contribution is 2.32. The lowest BCUT2D eigenvalue weighted by Gasteiger charge is -2.32. The van der Waals surface area contributed by atoms with Crippen molar-refractivity contribution >= 4 is 5.82 Å². The molecule has 1 aromatic heterocycles. The molecule has 0 saturated heterocycles. The van der Waals surface area contributed by atoms with Crippen molar-refractivity contribution in [3.63, 3.8) is 0 Å². The smallest absolute Gasteiger partial charge is 0.253 e. The van der Waals surface area contributed by atoms with Crippen LogP contribution in [0, 0.1) is 0 Å². The predicted octanol–water partition coefficient (Wildman–Crippen LogP) is 0.470. The minimum atomic E-state index is -0.493. The van der Waals surface area contributed by atoms with Gasteiger partial charge in [0.1, 0.15) is 11.6 Å². The van der Waals surface area contributed by atoms with Crippen LogP contribution in [-0.4, -0.2) is 9.97 Å². The second-order valence-electron chi connectivity index (χ2n) is 4.24.